The van der Waals surface area contributed by atoms with E-state index in [0.717, 1.165) is 25.3 Å². The molecule has 2 atom stereocenters. The van der Waals surface area contributed by atoms with Crippen LogP contribution in [0.15, 0.2) is 12.7 Å². The van der Waals surface area contributed by atoms with Gasteiger partial charge < -0.3 is 14.6 Å². The van der Waals surface area contributed by atoms with Gasteiger partial charge in [0.1, 0.15) is 13.2 Å². The maximum absolute atomic E-state index is 11.6. The second-order valence-corrected chi connectivity index (χ2v) is 4.06. The van der Waals surface area contributed by atoms with Crippen molar-refractivity contribution in [2.24, 2.45) is 5.92 Å². The Morgan fingerprint density at radius 1 is 1.29 bits per heavy atom. The predicted octanol–water partition coefficient (Wildman–Crippen LogP) is 0.810. The maximum Gasteiger partial charge on any atom is 0.330 e. The number of esters is 2. The number of carbonyl (C=O) groups is 2. The Balaban J connectivity index is 2.16. The van der Waals surface area contributed by atoms with Crippen LogP contribution in [0.25, 0.3) is 0 Å². The van der Waals surface area contributed by atoms with Crippen molar-refractivity contribution in [3.8, 4) is 0 Å². The summed E-state index contributed by atoms with van der Waals surface area (Å²) in [6.45, 7) is 3.33. The van der Waals surface area contributed by atoms with Crippen LogP contribution in [0.3, 0.4) is 0 Å². The highest BCUT2D eigenvalue weighted by molar-refractivity contribution is 5.81. The Kier molecular flexibility index (Phi) is 5.69. The SMILES string of the molecule is C=CC(=O)OCCOC(=O)C1CCCC(O)C1. The van der Waals surface area contributed by atoms with E-state index in [0.29, 0.717) is 6.42 Å². The zero-order valence-electron chi connectivity index (χ0n) is 9.76. The Hall–Kier alpha value is -1.36. The van der Waals surface area contributed by atoms with Gasteiger partial charge in [0.15, 0.2) is 0 Å². The number of aliphatic hydroxyl groups excluding tert-OH is 1. The van der Waals surface area contributed by atoms with Gasteiger partial charge in [0.05, 0.1) is 12.0 Å². The summed E-state index contributed by atoms with van der Waals surface area (Å²) in [5, 5.41) is 9.42. The smallest absolute Gasteiger partial charge is 0.330 e. The van der Waals surface area contributed by atoms with E-state index in [-0.39, 0.29) is 25.1 Å². The molecule has 96 valence electrons. The summed E-state index contributed by atoms with van der Waals surface area (Å²) in [6, 6.07) is 0. The van der Waals surface area contributed by atoms with Gasteiger partial charge in [0.25, 0.3) is 0 Å². The molecule has 1 rings (SSSR count). The molecular formula is C12H18O5. The molecule has 1 saturated carbocycles. The topological polar surface area (TPSA) is 72.8 Å². The lowest BCUT2D eigenvalue weighted by atomic mass is 9.87. The monoisotopic (exact) mass is 242 g/mol. The second kappa shape index (κ2) is 7.06. The van der Waals surface area contributed by atoms with Crippen LogP contribution in [0.4, 0.5) is 0 Å². The maximum atomic E-state index is 11.6. The molecule has 0 spiro atoms. The van der Waals surface area contributed by atoms with Crippen LogP contribution >= 0.6 is 0 Å². The van der Waals surface area contributed by atoms with Crippen LogP contribution in [0.1, 0.15) is 25.7 Å². The fourth-order valence-electron chi connectivity index (χ4n) is 1.84. The fraction of sp³-hybridized carbons (Fsp3) is 0.667. The second-order valence-electron chi connectivity index (χ2n) is 4.06. The first-order valence-corrected chi connectivity index (χ1v) is 5.77. The van der Waals surface area contributed by atoms with Gasteiger partial charge in [-0.05, 0) is 19.3 Å². The van der Waals surface area contributed by atoms with Crippen LogP contribution in [0, 0.1) is 5.92 Å². The number of aliphatic hydroxyl groups is 1. The van der Waals surface area contributed by atoms with Crippen molar-refractivity contribution >= 4 is 11.9 Å². The molecule has 5 nitrogen and oxygen atoms in total. The van der Waals surface area contributed by atoms with Crippen LogP contribution in [-0.2, 0) is 19.1 Å². The summed E-state index contributed by atoms with van der Waals surface area (Å²) in [5.74, 6) is -1.08. The molecule has 0 amide bonds. The average Bonchev–Trinajstić information content (AvgIpc) is 2.34. The van der Waals surface area contributed by atoms with Crippen LogP contribution in [-0.4, -0.2) is 36.4 Å². The van der Waals surface area contributed by atoms with E-state index in [4.69, 9.17) is 4.74 Å². The lowest BCUT2D eigenvalue weighted by Crippen LogP contribution is -2.28. The van der Waals surface area contributed by atoms with Gasteiger partial charge in [0, 0.05) is 6.08 Å². The molecule has 1 N–H and O–H groups in total. The van der Waals surface area contributed by atoms with Gasteiger partial charge in [-0.25, -0.2) is 4.79 Å². The van der Waals surface area contributed by atoms with Crippen molar-refractivity contribution in [3.63, 3.8) is 0 Å². The molecule has 0 bridgehead atoms. The van der Waals surface area contributed by atoms with E-state index in [9.17, 15) is 14.7 Å². The van der Waals surface area contributed by atoms with Crippen LogP contribution in [0.2, 0.25) is 0 Å². The van der Waals surface area contributed by atoms with Crippen LogP contribution in [0.5, 0.6) is 0 Å². The van der Waals surface area contributed by atoms with Crippen molar-refractivity contribution in [2.45, 2.75) is 31.8 Å². The molecule has 5 heteroatoms. The van der Waals surface area contributed by atoms with Gasteiger partial charge in [-0.3, -0.25) is 4.79 Å². The van der Waals surface area contributed by atoms with E-state index in [1.807, 2.05) is 0 Å². The van der Waals surface area contributed by atoms with Crippen LogP contribution < -0.4 is 0 Å². The molecule has 0 heterocycles. The minimum atomic E-state index is -0.533. The molecular weight excluding hydrogens is 224 g/mol. The molecule has 1 aliphatic rings. The summed E-state index contributed by atoms with van der Waals surface area (Å²) in [4.78, 5) is 22.3. The van der Waals surface area contributed by atoms with E-state index >= 15 is 0 Å². The van der Waals surface area contributed by atoms with Crippen molar-refractivity contribution in [1.82, 2.24) is 0 Å². The van der Waals surface area contributed by atoms with Gasteiger partial charge in [0.2, 0.25) is 0 Å². The third kappa shape index (κ3) is 4.99. The molecule has 0 saturated heterocycles. The van der Waals surface area contributed by atoms with Gasteiger partial charge in [-0.1, -0.05) is 13.0 Å². The minimum Gasteiger partial charge on any atom is -0.462 e. The largest absolute Gasteiger partial charge is 0.462 e. The average molecular weight is 242 g/mol. The zero-order chi connectivity index (χ0) is 12.7. The summed E-state index contributed by atoms with van der Waals surface area (Å²) in [6.07, 6.45) is 3.46. The minimum absolute atomic E-state index is 0.0336. The summed E-state index contributed by atoms with van der Waals surface area (Å²) in [7, 11) is 0. The van der Waals surface area contributed by atoms with Gasteiger partial charge >= 0.3 is 11.9 Å². The summed E-state index contributed by atoms with van der Waals surface area (Å²) < 4.78 is 9.63. The third-order valence-corrected chi connectivity index (χ3v) is 2.72. The first-order valence-electron chi connectivity index (χ1n) is 5.77. The molecule has 17 heavy (non-hydrogen) atoms. The molecule has 0 radical (unpaired) electrons. The van der Waals surface area contributed by atoms with Gasteiger partial charge in [-0.15, -0.1) is 0 Å². The molecule has 1 aliphatic carbocycles. The summed E-state index contributed by atoms with van der Waals surface area (Å²) in [5.41, 5.74) is 0. The standard InChI is InChI=1S/C12H18O5/c1-2-11(14)16-6-7-17-12(15)9-4-3-5-10(13)8-9/h2,9-10,13H,1,3-8H2. The third-order valence-electron chi connectivity index (χ3n) is 2.72. The number of hydrogen-bond donors (Lipinski definition) is 1. The Morgan fingerprint density at radius 3 is 2.65 bits per heavy atom. The lowest BCUT2D eigenvalue weighted by molar-refractivity contribution is -0.155. The first kappa shape index (κ1) is 13.7. The Bertz CT molecular complexity index is 287. The molecule has 0 aromatic rings. The quantitative estimate of drug-likeness (QED) is 0.439. The van der Waals surface area contributed by atoms with Crippen molar-refractivity contribution in [3.05, 3.63) is 12.7 Å². The van der Waals surface area contributed by atoms with Crippen molar-refractivity contribution < 1.29 is 24.2 Å². The number of carbonyl (C=O) groups excluding carboxylic acids is 2. The number of rotatable bonds is 5. The normalized spacial score (nSPS) is 23.8. The zero-order valence-corrected chi connectivity index (χ0v) is 9.76. The molecule has 0 aliphatic heterocycles. The van der Waals surface area contributed by atoms with Gasteiger partial charge in [-0.2, -0.15) is 0 Å². The molecule has 2 unspecified atom stereocenters. The Labute approximate surface area is 100 Å². The lowest BCUT2D eigenvalue weighted by Gasteiger charge is -2.24. The van der Waals surface area contributed by atoms with E-state index in [1.165, 1.54) is 0 Å². The first-order chi connectivity index (χ1) is 8.13. The predicted molar refractivity (Wildman–Crippen MR) is 60.1 cm³/mol. The summed E-state index contributed by atoms with van der Waals surface area (Å²) >= 11 is 0. The number of hydrogen-bond acceptors (Lipinski definition) is 5. The Morgan fingerprint density at radius 2 is 2.00 bits per heavy atom. The van der Waals surface area contributed by atoms with Crippen molar-refractivity contribution in [1.29, 1.82) is 0 Å². The highest BCUT2D eigenvalue weighted by Gasteiger charge is 2.27. The number of ether oxygens (including phenoxy) is 2. The van der Waals surface area contributed by atoms with E-state index < -0.39 is 12.1 Å². The van der Waals surface area contributed by atoms with E-state index in [1.54, 1.807) is 0 Å². The highest BCUT2D eigenvalue weighted by Crippen LogP contribution is 2.25. The van der Waals surface area contributed by atoms with E-state index in [2.05, 4.69) is 11.3 Å². The highest BCUT2D eigenvalue weighted by atomic mass is 16.6. The molecule has 0 aromatic heterocycles. The fourth-order valence-corrected chi connectivity index (χ4v) is 1.84. The molecule has 0 aromatic carbocycles. The van der Waals surface area contributed by atoms with Crippen molar-refractivity contribution in [2.75, 3.05) is 13.2 Å². The molecule has 1 fully saturated rings.